The Hall–Kier alpha value is -0.180. The molecule has 82 valence electrons. The lowest BCUT2D eigenvalue weighted by molar-refractivity contribution is 0.0135. The van der Waals surface area contributed by atoms with E-state index in [1.54, 1.807) is 0 Å². The van der Waals surface area contributed by atoms with Gasteiger partial charge in [-0.15, -0.1) is 0 Å². The van der Waals surface area contributed by atoms with Crippen molar-refractivity contribution in [2.24, 2.45) is 0 Å². The van der Waals surface area contributed by atoms with Crippen molar-refractivity contribution in [3.63, 3.8) is 0 Å². The molecule has 0 aliphatic carbocycles. The fourth-order valence-corrected chi connectivity index (χ4v) is 3.37. The number of carbonyl (C=O) groups excluding carboxylic acids is 1. The Morgan fingerprint density at radius 2 is 2.21 bits per heavy atom. The molecule has 1 fully saturated rings. The molecule has 0 aromatic carbocycles. The first-order valence-electron chi connectivity index (χ1n) is 5.45. The van der Waals surface area contributed by atoms with Gasteiger partial charge in [-0.2, -0.15) is 0 Å². The van der Waals surface area contributed by atoms with Crippen LogP contribution in [0.15, 0.2) is 0 Å². The monoisotopic (exact) mass is 215 g/mol. The second-order valence-corrected chi connectivity index (χ2v) is 5.75. The van der Waals surface area contributed by atoms with Gasteiger partial charge in [-0.05, 0) is 33.6 Å². The van der Waals surface area contributed by atoms with Crippen molar-refractivity contribution in [2.45, 2.75) is 58.5 Å². The van der Waals surface area contributed by atoms with Gasteiger partial charge in [-0.25, -0.2) is 0 Å². The Balaban J connectivity index is 2.36. The van der Waals surface area contributed by atoms with Crippen LogP contribution in [0.3, 0.4) is 0 Å². The van der Waals surface area contributed by atoms with Gasteiger partial charge in [-0.1, -0.05) is 25.1 Å². The number of amides is 1. The molecule has 0 aromatic rings. The fourth-order valence-electron chi connectivity index (χ4n) is 2.20. The van der Waals surface area contributed by atoms with Crippen LogP contribution in [0.25, 0.3) is 0 Å². The fraction of sp³-hybridized carbons (Fsp3) is 0.909. The maximum Gasteiger partial charge on any atom is 0.282 e. The molecule has 0 bridgehead atoms. The third-order valence-electron chi connectivity index (χ3n) is 2.81. The standard InChI is InChI=1S/C11H21NOS/c1-5-6-7-14-10(13)12-9(2)8-11(12,3)4/h9H,5-8H2,1-4H3. The first-order valence-corrected chi connectivity index (χ1v) is 6.43. The zero-order chi connectivity index (χ0) is 10.8. The summed E-state index contributed by atoms with van der Waals surface area (Å²) in [5, 5.41) is 0.266. The normalized spacial score (nSPS) is 24.6. The molecule has 1 aliphatic rings. The quantitative estimate of drug-likeness (QED) is 0.671. The summed E-state index contributed by atoms with van der Waals surface area (Å²) in [5.41, 5.74) is 0.0930. The molecule has 1 amide bonds. The molecule has 1 saturated heterocycles. The molecule has 1 heterocycles. The average molecular weight is 215 g/mol. The van der Waals surface area contributed by atoms with E-state index < -0.39 is 0 Å². The summed E-state index contributed by atoms with van der Waals surface area (Å²) < 4.78 is 0. The molecule has 0 N–H and O–H groups in total. The van der Waals surface area contributed by atoms with E-state index in [9.17, 15) is 4.79 Å². The summed E-state index contributed by atoms with van der Waals surface area (Å²) in [7, 11) is 0. The second-order valence-electron chi connectivity index (χ2n) is 4.70. The molecule has 1 aliphatic heterocycles. The molecule has 0 saturated carbocycles. The van der Waals surface area contributed by atoms with Crippen molar-refractivity contribution in [3.05, 3.63) is 0 Å². The highest BCUT2D eigenvalue weighted by molar-refractivity contribution is 8.13. The molecular formula is C11H21NOS. The van der Waals surface area contributed by atoms with Crippen LogP contribution in [0.1, 0.15) is 47.0 Å². The van der Waals surface area contributed by atoms with Gasteiger partial charge in [0.2, 0.25) is 0 Å². The van der Waals surface area contributed by atoms with E-state index in [0.29, 0.717) is 6.04 Å². The zero-order valence-electron chi connectivity index (χ0n) is 9.67. The van der Waals surface area contributed by atoms with Gasteiger partial charge < -0.3 is 4.90 Å². The lowest BCUT2D eigenvalue weighted by atomic mass is 9.83. The van der Waals surface area contributed by atoms with Gasteiger partial charge in [0.15, 0.2) is 0 Å². The summed E-state index contributed by atoms with van der Waals surface area (Å²) in [6.07, 6.45) is 3.44. The van der Waals surface area contributed by atoms with Gasteiger partial charge in [0, 0.05) is 17.3 Å². The molecule has 1 rings (SSSR count). The van der Waals surface area contributed by atoms with Crippen LogP contribution in [0.5, 0.6) is 0 Å². The number of nitrogens with zero attached hydrogens (tertiary/aromatic N) is 1. The van der Waals surface area contributed by atoms with Crippen LogP contribution < -0.4 is 0 Å². The van der Waals surface area contributed by atoms with Gasteiger partial charge in [0.1, 0.15) is 0 Å². The first-order chi connectivity index (χ1) is 6.49. The molecule has 2 nitrogen and oxygen atoms in total. The minimum Gasteiger partial charge on any atom is -0.326 e. The minimum atomic E-state index is 0.0930. The molecular weight excluding hydrogens is 194 g/mol. The highest BCUT2D eigenvalue weighted by Gasteiger charge is 2.45. The molecule has 0 spiro atoms. The van der Waals surface area contributed by atoms with E-state index >= 15 is 0 Å². The molecule has 3 heteroatoms. The molecule has 1 atom stereocenters. The topological polar surface area (TPSA) is 20.3 Å². The number of unbranched alkanes of at least 4 members (excludes halogenated alkanes) is 1. The van der Waals surface area contributed by atoms with E-state index in [1.165, 1.54) is 18.2 Å². The first kappa shape index (κ1) is 11.9. The Labute approximate surface area is 91.4 Å². The second kappa shape index (κ2) is 4.56. The Morgan fingerprint density at radius 3 is 2.64 bits per heavy atom. The molecule has 0 aromatic heterocycles. The van der Waals surface area contributed by atoms with E-state index in [0.717, 1.165) is 18.6 Å². The summed E-state index contributed by atoms with van der Waals surface area (Å²) in [4.78, 5) is 13.8. The number of carbonyl (C=O) groups is 1. The summed E-state index contributed by atoms with van der Waals surface area (Å²) in [5.74, 6) is 0.967. The summed E-state index contributed by atoms with van der Waals surface area (Å²) in [6.45, 7) is 8.57. The summed E-state index contributed by atoms with van der Waals surface area (Å²) >= 11 is 1.48. The van der Waals surface area contributed by atoms with Crippen LogP contribution in [-0.4, -0.2) is 27.5 Å². The Bertz CT molecular complexity index is 215. The highest BCUT2D eigenvalue weighted by Crippen LogP contribution is 2.38. The van der Waals surface area contributed by atoms with Crippen LogP contribution in [0.2, 0.25) is 0 Å². The number of hydrogen-bond acceptors (Lipinski definition) is 2. The van der Waals surface area contributed by atoms with Crippen molar-refractivity contribution in [3.8, 4) is 0 Å². The van der Waals surface area contributed by atoms with E-state index in [4.69, 9.17) is 0 Å². The third-order valence-corrected chi connectivity index (χ3v) is 3.74. The van der Waals surface area contributed by atoms with Gasteiger partial charge >= 0.3 is 0 Å². The van der Waals surface area contributed by atoms with E-state index in [1.807, 2.05) is 4.90 Å². The lowest BCUT2D eigenvalue weighted by Gasteiger charge is -2.53. The smallest absolute Gasteiger partial charge is 0.282 e. The number of hydrogen-bond donors (Lipinski definition) is 0. The van der Waals surface area contributed by atoms with Crippen LogP contribution in [-0.2, 0) is 0 Å². The Kier molecular flexibility index (Phi) is 3.87. The maximum atomic E-state index is 11.8. The Morgan fingerprint density at radius 1 is 1.57 bits per heavy atom. The molecule has 14 heavy (non-hydrogen) atoms. The zero-order valence-corrected chi connectivity index (χ0v) is 10.5. The predicted octanol–water partition coefficient (Wildman–Crippen LogP) is 3.51. The van der Waals surface area contributed by atoms with Crippen LogP contribution in [0, 0.1) is 0 Å². The maximum absolute atomic E-state index is 11.8. The average Bonchev–Trinajstić information content (AvgIpc) is 2.02. The lowest BCUT2D eigenvalue weighted by Crippen LogP contribution is -2.62. The van der Waals surface area contributed by atoms with Crippen molar-refractivity contribution in [1.82, 2.24) is 4.90 Å². The van der Waals surface area contributed by atoms with Crippen molar-refractivity contribution in [1.29, 1.82) is 0 Å². The molecule has 1 unspecified atom stereocenters. The largest absolute Gasteiger partial charge is 0.326 e. The SMILES string of the molecule is CCCCSC(=O)N1C(C)CC1(C)C. The highest BCUT2D eigenvalue weighted by atomic mass is 32.2. The number of rotatable bonds is 3. The van der Waals surface area contributed by atoms with Gasteiger partial charge in [-0.3, -0.25) is 4.79 Å². The van der Waals surface area contributed by atoms with Crippen LogP contribution >= 0.6 is 11.8 Å². The summed E-state index contributed by atoms with van der Waals surface area (Å²) in [6, 6.07) is 0.437. The van der Waals surface area contributed by atoms with Crippen molar-refractivity contribution >= 4 is 17.0 Å². The van der Waals surface area contributed by atoms with E-state index in [-0.39, 0.29) is 10.8 Å². The number of likely N-dealkylation sites (tertiary alicyclic amines) is 1. The molecule has 0 radical (unpaired) electrons. The number of thioether (sulfide) groups is 1. The van der Waals surface area contributed by atoms with Crippen molar-refractivity contribution in [2.75, 3.05) is 5.75 Å². The predicted molar refractivity (Wildman–Crippen MR) is 62.8 cm³/mol. The van der Waals surface area contributed by atoms with E-state index in [2.05, 4.69) is 27.7 Å². The van der Waals surface area contributed by atoms with Gasteiger partial charge in [0.05, 0.1) is 0 Å². The van der Waals surface area contributed by atoms with Gasteiger partial charge in [0.25, 0.3) is 5.24 Å². The third kappa shape index (κ3) is 2.44. The minimum absolute atomic E-state index is 0.0930. The van der Waals surface area contributed by atoms with Crippen molar-refractivity contribution < 1.29 is 4.79 Å². The van der Waals surface area contributed by atoms with Crippen LogP contribution in [0.4, 0.5) is 4.79 Å².